The van der Waals surface area contributed by atoms with Crippen LogP contribution in [0.5, 0.6) is 5.75 Å². The molecule has 0 aliphatic heterocycles. The van der Waals surface area contributed by atoms with Crippen LogP contribution in [0, 0.1) is 0 Å². The molecule has 0 aliphatic rings. The minimum absolute atomic E-state index is 0.0727. The molecule has 0 fully saturated rings. The molecule has 1 N–H and O–H groups in total. The zero-order valence-corrected chi connectivity index (χ0v) is 13.8. The molecule has 3 rings (SSSR count). The summed E-state index contributed by atoms with van der Waals surface area (Å²) >= 11 is 0. The molecule has 0 spiro atoms. The second kappa shape index (κ2) is 7.85. The van der Waals surface area contributed by atoms with E-state index >= 15 is 0 Å². The predicted octanol–water partition coefficient (Wildman–Crippen LogP) is 2.53. The van der Waals surface area contributed by atoms with Crippen LogP contribution in [-0.4, -0.2) is 38.4 Å². The first-order valence-electron chi connectivity index (χ1n) is 7.79. The maximum atomic E-state index is 12.2. The highest BCUT2D eigenvalue weighted by atomic mass is 19.4. The van der Waals surface area contributed by atoms with E-state index in [1.165, 1.54) is 18.2 Å². The fourth-order valence-electron chi connectivity index (χ4n) is 2.16. The molecule has 140 valence electrons. The number of carbonyl (C=O) groups is 1. The third kappa shape index (κ3) is 5.27. The van der Waals surface area contributed by atoms with Crippen molar-refractivity contribution in [2.75, 3.05) is 6.61 Å². The van der Waals surface area contributed by atoms with Crippen molar-refractivity contribution in [1.29, 1.82) is 0 Å². The van der Waals surface area contributed by atoms with E-state index in [1.54, 1.807) is 41.5 Å². The van der Waals surface area contributed by atoms with Gasteiger partial charge in [0.1, 0.15) is 12.1 Å². The smallest absolute Gasteiger partial charge is 0.422 e. The standard InChI is InChI=1S/C17H14F3N5O2/c18-17(19,20)10-27-13-3-1-2-12(8-13)9-22-16(26)14-4-5-15(24-23-14)25-7-6-21-11-25/h1-8,11H,9-10H2,(H,22,26). The summed E-state index contributed by atoms with van der Waals surface area (Å²) in [7, 11) is 0. The monoisotopic (exact) mass is 377 g/mol. The van der Waals surface area contributed by atoms with Crippen LogP contribution in [0.3, 0.4) is 0 Å². The number of hydrogen-bond donors (Lipinski definition) is 1. The molecule has 0 aliphatic carbocycles. The molecule has 0 saturated heterocycles. The Morgan fingerprint density at radius 1 is 1.19 bits per heavy atom. The van der Waals surface area contributed by atoms with E-state index in [4.69, 9.17) is 0 Å². The number of nitrogens with one attached hydrogen (secondary N) is 1. The first-order valence-corrected chi connectivity index (χ1v) is 7.79. The van der Waals surface area contributed by atoms with Crippen LogP contribution in [0.2, 0.25) is 0 Å². The molecule has 0 radical (unpaired) electrons. The molecule has 7 nitrogen and oxygen atoms in total. The third-order valence-corrected chi connectivity index (χ3v) is 3.41. The Bertz CT molecular complexity index is 896. The summed E-state index contributed by atoms with van der Waals surface area (Å²) in [5.41, 5.74) is 0.703. The number of carbonyl (C=O) groups excluding carboxylic acids is 1. The lowest BCUT2D eigenvalue weighted by atomic mass is 10.2. The molecule has 0 saturated carbocycles. The van der Waals surface area contributed by atoms with Gasteiger partial charge >= 0.3 is 6.18 Å². The van der Waals surface area contributed by atoms with Crippen molar-refractivity contribution in [1.82, 2.24) is 25.1 Å². The Morgan fingerprint density at radius 2 is 2.04 bits per heavy atom. The highest BCUT2D eigenvalue weighted by Gasteiger charge is 2.28. The van der Waals surface area contributed by atoms with E-state index in [0.29, 0.717) is 11.4 Å². The topological polar surface area (TPSA) is 81.9 Å². The molecule has 1 aromatic carbocycles. The first kappa shape index (κ1) is 18.4. The highest BCUT2D eigenvalue weighted by molar-refractivity contribution is 5.92. The van der Waals surface area contributed by atoms with Crippen LogP contribution in [0.25, 0.3) is 5.82 Å². The zero-order valence-electron chi connectivity index (χ0n) is 13.8. The normalized spacial score (nSPS) is 11.2. The minimum atomic E-state index is -4.41. The summed E-state index contributed by atoms with van der Waals surface area (Å²) < 4.78 is 42.9. The zero-order chi connectivity index (χ0) is 19.3. The van der Waals surface area contributed by atoms with Gasteiger partial charge in [0.2, 0.25) is 0 Å². The Morgan fingerprint density at radius 3 is 2.70 bits per heavy atom. The Kier molecular flexibility index (Phi) is 5.34. The Labute approximate surface area is 151 Å². The third-order valence-electron chi connectivity index (χ3n) is 3.41. The van der Waals surface area contributed by atoms with Gasteiger partial charge in [0.15, 0.2) is 18.1 Å². The SMILES string of the molecule is O=C(NCc1cccc(OCC(F)(F)F)c1)c1ccc(-n2ccnc2)nn1. The van der Waals surface area contributed by atoms with Gasteiger partial charge in [0.25, 0.3) is 5.91 Å². The fourth-order valence-corrected chi connectivity index (χ4v) is 2.16. The number of amides is 1. The van der Waals surface area contributed by atoms with Gasteiger partial charge in [-0.1, -0.05) is 12.1 Å². The predicted molar refractivity (Wildman–Crippen MR) is 88.3 cm³/mol. The molecule has 3 aromatic rings. The number of benzene rings is 1. The molecule has 0 atom stereocenters. The maximum absolute atomic E-state index is 12.2. The molecular formula is C17H14F3N5O2. The summed E-state index contributed by atoms with van der Waals surface area (Å²) in [6, 6.07) is 9.19. The van der Waals surface area contributed by atoms with E-state index in [-0.39, 0.29) is 18.0 Å². The lowest BCUT2D eigenvalue weighted by Crippen LogP contribution is -2.24. The fraction of sp³-hybridized carbons (Fsp3) is 0.176. The number of halogens is 3. The van der Waals surface area contributed by atoms with Gasteiger partial charge in [0.05, 0.1) is 0 Å². The number of hydrogen-bond acceptors (Lipinski definition) is 5. The van der Waals surface area contributed by atoms with Crippen LogP contribution in [0.1, 0.15) is 16.1 Å². The van der Waals surface area contributed by atoms with E-state index in [1.807, 2.05) is 0 Å². The molecule has 2 aromatic heterocycles. The van der Waals surface area contributed by atoms with E-state index in [0.717, 1.165) is 0 Å². The first-order chi connectivity index (χ1) is 12.9. The van der Waals surface area contributed by atoms with Gasteiger partial charge in [0, 0.05) is 18.9 Å². The largest absolute Gasteiger partial charge is 0.484 e. The Hall–Kier alpha value is -3.43. The van der Waals surface area contributed by atoms with Gasteiger partial charge in [-0.05, 0) is 29.8 Å². The minimum Gasteiger partial charge on any atom is -0.484 e. The number of rotatable bonds is 6. The van der Waals surface area contributed by atoms with Gasteiger partial charge in [-0.15, -0.1) is 10.2 Å². The number of nitrogens with zero attached hydrogens (tertiary/aromatic N) is 4. The van der Waals surface area contributed by atoms with Crippen LogP contribution in [-0.2, 0) is 6.54 Å². The van der Waals surface area contributed by atoms with E-state index < -0.39 is 18.7 Å². The quantitative estimate of drug-likeness (QED) is 0.714. The summed E-state index contributed by atoms with van der Waals surface area (Å²) in [5.74, 6) is 0.128. The van der Waals surface area contributed by atoms with Crippen molar-refractivity contribution in [3.05, 3.63) is 66.4 Å². The van der Waals surface area contributed by atoms with Crippen LogP contribution >= 0.6 is 0 Å². The molecular weight excluding hydrogens is 363 g/mol. The second-order valence-corrected chi connectivity index (χ2v) is 5.48. The molecule has 2 heterocycles. The van der Waals surface area contributed by atoms with Gasteiger partial charge < -0.3 is 10.1 Å². The van der Waals surface area contributed by atoms with Crippen molar-refractivity contribution < 1.29 is 22.7 Å². The summed E-state index contributed by atoms with van der Waals surface area (Å²) in [6.45, 7) is -1.27. The molecule has 0 unspecified atom stereocenters. The van der Waals surface area contributed by atoms with Crippen molar-refractivity contribution >= 4 is 5.91 Å². The van der Waals surface area contributed by atoms with Crippen molar-refractivity contribution in [3.8, 4) is 11.6 Å². The van der Waals surface area contributed by atoms with Gasteiger partial charge in [-0.25, -0.2) is 4.98 Å². The van der Waals surface area contributed by atoms with Crippen molar-refractivity contribution in [2.45, 2.75) is 12.7 Å². The van der Waals surface area contributed by atoms with E-state index in [9.17, 15) is 18.0 Å². The van der Waals surface area contributed by atoms with Crippen LogP contribution in [0.15, 0.2) is 55.1 Å². The van der Waals surface area contributed by atoms with Gasteiger partial charge in [-0.2, -0.15) is 13.2 Å². The molecule has 10 heteroatoms. The second-order valence-electron chi connectivity index (χ2n) is 5.48. The van der Waals surface area contributed by atoms with Gasteiger partial charge in [-0.3, -0.25) is 9.36 Å². The average molecular weight is 377 g/mol. The number of aromatic nitrogens is 4. The summed E-state index contributed by atoms with van der Waals surface area (Å²) in [5, 5.41) is 10.4. The van der Waals surface area contributed by atoms with Crippen LogP contribution < -0.4 is 10.1 Å². The molecule has 0 bridgehead atoms. The Balaban J connectivity index is 1.57. The molecule has 27 heavy (non-hydrogen) atoms. The number of imidazole rings is 1. The van der Waals surface area contributed by atoms with E-state index in [2.05, 4.69) is 25.2 Å². The van der Waals surface area contributed by atoms with Crippen LogP contribution in [0.4, 0.5) is 13.2 Å². The lowest BCUT2D eigenvalue weighted by Gasteiger charge is -2.10. The number of alkyl halides is 3. The maximum Gasteiger partial charge on any atom is 0.422 e. The van der Waals surface area contributed by atoms with Crippen molar-refractivity contribution in [3.63, 3.8) is 0 Å². The highest BCUT2D eigenvalue weighted by Crippen LogP contribution is 2.19. The number of ether oxygens (including phenoxy) is 1. The summed E-state index contributed by atoms with van der Waals surface area (Å²) in [6.07, 6.45) is 0.426. The lowest BCUT2D eigenvalue weighted by molar-refractivity contribution is -0.153. The summed E-state index contributed by atoms with van der Waals surface area (Å²) in [4.78, 5) is 16.0. The average Bonchev–Trinajstić information content (AvgIpc) is 3.19. The van der Waals surface area contributed by atoms with Crippen molar-refractivity contribution in [2.24, 2.45) is 0 Å². The molecule has 1 amide bonds.